The number of nitrogens with zero attached hydrogens (tertiary/aromatic N) is 2. The van der Waals surface area contributed by atoms with E-state index in [0.717, 1.165) is 30.2 Å². The van der Waals surface area contributed by atoms with E-state index in [2.05, 4.69) is 4.90 Å². The van der Waals surface area contributed by atoms with Crippen molar-refractivity contribution in [3.63, 3.8) is 0 Å². The van der Waals surface area contributed by atoms with Crippen molar-refractivity contribution in [3.05, 3.63) is 81.2 Å². The first-order valence-electron chi connectivity index (χ1n) is 8.89. The molecule has 0 bridgehead atoms. The van der Waals surface area contributed by atoms with Gasteiger partial charge in [0.15, 0.2) is 11.2 Å². The molecule has 0 unspecified atom stereocenters. The number of hydrogen-bond donors (Lipinski definition) is 0. The molecule has 6 heteroatoms. The van der Waals surface area contributed by atoms with Crippen LogP contribution in [-0.4, -0.2) is 41.9 Å². The molecule has 0 saturated carbocycles. The van der Waals surface area contributed by atoms with Gasteiger partial charge in [0.2, 0.25) is 0 Å². The first-order valence-corrected chi connectivity index (χ1v) is 9.27. The molecule has 0 radical (unpaired) electrons. The minimum atomic E-state index is -0.236. The van der Waals surface area contributed by atoms with Crippen molar-refractivity contribution in [2.75, 3.05) is 26.2 Å². The molecule has 1 aliphatic rings. The first kappa shape index (κ1) is 17.8. The lowest BCUT2D eigenvalue weighted by atomic mass is 10.2. The van der Waals surface area contributed by atoms with Gasteiger partial charge < -0.3 is 9.32 Å². The Labute approximate surface area is 161 Å². The largest absolute Gasteiger partial charge is 0.451 e. The Morgan fingerprint density at radius 2 is 1.78 bits per heavy atom. The zero-order valence-electron chi connectivity index (χ0n) is 14.7. The lowest BCUT2D eigenvalue weighted by Gasteiger charge is -2.34. The van der Waals surface area contributed by atoms with E-state index in [0.29, 0.717) is 24.1 Å². The zero-order chi connectivity index (χ0) is 18.8. The van der Waals surface area contributed by atoms with Crippen molar-refractivity contribution >= 4 is 28.5 Å². The van der Waals surface area contributed by atoms with Crippen molar-refractivity contribution in [2.24, 2.45) is 0 Å². The van der Waals surface area contributed by atoms with Crippen molar-refractivity contribution in [3.8, 4) is 0 Å². The van der Waals surface area contributed by atoms with Gasteiger partial charge in [-0.2, -0.15) is 0 Å². The van der Waals surface area contributed by atoms with Crippen molar-refractivity contribution in [1.29, 1.82) is 0 Å². The second-order valence-electron chi connectivity index (χ2n) is 6.67. The molecule has 0 N–H and O–H groups in total. The average Bonchev–Trinajstić information content (AvgIpc) is 2.68. The summed E-state index contributed by atoms with van der Waals surface area (Å²) in [7, 11) is 0. The third kappa shape index (κ3) is 3.89. The number of fused-ring (bicyclic) bond motifs is 1. The summed E-state index contributed by atoms with van der Waals surface area (Å²) in [6.07, 6.45) is 0. The molecule has 1 amide bonds. The van der Waals surface area contributed by atoms with Crippen LogP contribution in [0.15, 0.2) is 63.8 Å². The smallest absolute Gasteiger partial charge is 0.289 e. The number of piperazine rings is 1. The number of rotatable bonds is 3. The van der Waals surface area contributed by atoms with E-state index in [-0.39, 0.29) is 17.1 Å². The number of carbonyl (C=O) groups is 1. The molecule has 0 spiro atoms. The summed E-state index contributed by atoms with van der Waals surface area (Å²) in [6.45, 7) is 3.51. The lowest BCUT2D eigenvalue weighted by molar-refractivity contribution is 0.0598. The van der Waals surface area contributed by atoms with E-state index in [9.17, 15) is 9.59 Å². The monoisotopic (exact) mass is 382 g/mol. The third-order valence-corrected chi connectivity index (χ3v) is 5.04. The van der Waals surface area contributed by atoms with Crippen LogP contribution >= 0.6 is 11.6 Å². The summed E-state index contributed by atoms with van der Waals surface area (Å²) in [6, 6.07) is 16.1. The summed E-state index contributed by atoms with van der Waals surface area (Å²) in [5.41, 5.74) is 1.40. The van der Waals surface area contributed by atoms with Gasteiger partial charge >= 0.3 is 0 Å². The van der Waals surface area contributed by atoms with Crippen LogP contribution in [0, 0.1) is 0 Å². The average molecular weight is 383 g/mol. The minimum Gasteiger partial charge on any atom is -0.451 e. The molecule has 2 aromatic carbocycles. The van der Waals surface area contributed by atoms with E-state index in [1.165, 1.54) is 6.07 Å². The molecular formula is C21H19ClN2O3. The van der Waals surface area contributed by atoms with Gasteiger partial charge in [-0.3, -0.25) is 14.5 Å². The summed E-state index contributed by atoms with van der Waals surface area (Å²) < 4.78 is 5.67. The summed E-state index contributed by atoms with van der Waals surface area (Å²) in [4.78, 5) is 29.0. The van der Waals surface area contributed by atoms with Crippen LogP contribution in [-0.2, 0) is 6.54 Å². The quantitative estimate of drug-likeness (QED) is 0.696. The van der Waals surface area contributed by atoms with Crippen LogP contribution in [0.1, 0.15) is 16.1 Å². The van der Waals surface area contributed by atoms with Crippen molar-refractivity contribution in [2.45, 2.75) is 6.54 Å². The van der Waals surface area contributed by atoms with E-state index < -0.39 is 0 Å². The molecule has 1 aromatic heterocycles. The van der Waals surface area contributed by atoms with Crippen LogP contribution < -0.4 is 5.43 Å². The van der Waals surface area contributed by atoms with E-state index in [1.54, 1.807) is 29.2 Å². The second kappa shape index (κ2) is 7.55. The highest BCUT2D eigenvalue weighted by Crippen LogP contribution is 2.16. The maximum atomic E-state index is 12.8. The molecule has 3 aromatic rings. The highest BCUT2D eigenvalue weighted by Gasteiger charge is 2.24. The van der Waals surface area contributed by atoms with Gasteiger partial charge in [0, 0.05) is 43.8 Å². The van der Waals surface area contributed by atoms with Crippen molar-refractivity contribution < 1.29 is 9.21 Å². The van der Waals surface area contributed by atoms with Gasteiger partial charge in [0.1, 0.15) is 5.58 Å². The highest BCUT2D eigenvalue weighted by molar-refractivity contribution is 6.30. The van der Waals surface area contributed by atoms with E-state index in [4.69, 9.17) is 16.0 Å². The molecule has 5 nitrogen and oxygen atoms in total. The predicted molar refractivity (Wildman–Crippen MR) is 105 cm³/mol. The Hall–Kier alpha value is -2.63. The van der Waals surface area contributed by atoms with E-state index in [1.807, 2.05) is 24.3 Å². The van der Waals surface area contributed by atoms with Crippen LogP contribution in [0.5, 0.6) is 0 Å². The van der Waals surface area contributed by atoms with Gasteiger partial charge in [0.05, 0.1) is 5.39 Å². The zero-order valence-corrected chi connectivity index (χ0v) is 15.5. The van der Waals surface area contributed by atoms with Gasteiger partial charge in [0.25, 0.3) is 5.91 Å². The Bertz CT molecular complexity index is 1040. The molecule has 27 heavy (non-hydrogen) atoms. The normalized spacial score (nSPS) is 15.2. The van der Waals surface area contributed by atoms with Crippen LogP contribution in [0.4, 0.5) is 0 Å². The lowest BCUT2D eigenvalue weighted by Crippen LogP contribution is -2.48. The maximum absolute atomic E-state index is 12.8. The molecular weight excluding hydrogens is 364 g/mol. The van der Waals surface area contributed by atoms with Crippen LogP contribution in [0.3, 0.4) is 0 Å². The fourth-order valence-electron chi connectivity index (χ4n) is 3.37. The Balaban J connectivity index is 1.43. The summed E-state index contributed by atoms with van der Waals surface area (Å²) in [5.74, 6) is -0.137. The Kier molecular flexibility index (Phi) is 4.97. The number of carbonyl (C=O) groups excluding carboxylic acids is 1. The Morgan fingerprint density at radius 3 is 2.56 bits per heavy atom. The van der Waals surface area contributed by atoms with Gasteiger partial charge in [-0.25, -0.2) is 0 Å². The molecule has 1 saturated heterocycles. The second-order valence-corrected chi connectivity index (χ2v) is 7.11. The van der Waals surface area contributed by atoms with Gasteiger partial charge in [-0.1, -0.05) is 35.9 Å². The first-order chi connectivity index (χ1) is 13.1. The number of benzene rings is 2. The minimum absolute atomic E-state index is 0.0991. The molecule has 0 atom stereocenters. The fraction of sp³-hybridized carbons (Fsp3) is 0.238. The predicted octanol–water partition coefficient (Wildman–Crippen LogP) is 3.40. The van der Waals surface area contributed by atoms with Gasteiger partial charge in [-0.05, 0) is 29.8 Å². The molecule has 1 aliphatic heterocycles. The topological polar surface area (TPSA) is 53.8 Å². The molecule has 138 valence electrons. The molecule has 1 fully saturated rings. The molecule has 2 heterocycles. The summed E-state index contributed by atoms with van der Waals surface area (Å²) in [5, 5.41) is 1.22. The third-order valence-electron chi connectivity index (χ3n) is 4.80. The number of hydrogen-bond acceptors (Lipinski definition) is 4. The Morgan fingerprint density at radius 1 is 1.00 bits per heavy atom. The number of para-hydroxylation sites is 1. The SMILES string of the molecule is O=C(c1cc(=O)c2ccccc2o1)N1CCN(Cc2cccc(Cl)c2)CC1. The standard InChI is InChI=1S/C21H19ClN2O3/c22-16-5-3-4-15(12-16)14-23-8-10-24(11-9-23)21(26)20-13-18(25)17-6-1-2-7-19(17)27-20/h1-7,12-13H,8-11,14H2. The van der Waals surface area contributed by atoms with Gasteiger partial charge in [-0.15, -0.1) is 0 Å². The van der Waals surface area contributed by atoms with Crippen LogP contribution in [0.25, 0.3) is 11.0 Å². The summed E-state index contributed by atoms with van der Waals surface area (Å²) >= 11 is 6.04. The maximum Gasteiger partial charge on any atom is 0.289 e. The van der Waals surface area contributed by atoms with Crippen molar-refractivity contribution in [1.82, 2.24) is 9.80 Å². The number of amides is 1. The fourth-order valence-corrected chi connectivity index (χ4v) is 3.58. The van der Waals surface area contributed by atoms with E-state index >= 15 is 0 Å². The number of halogens is 1. The highest BCUT2D eigenvalue weighted by atomic mass is 35.5. The van der Waals surface area contributed by atoms with Crippen LogP contribution in [0.2, 0.25) is 5.02 Å². The molecule has 0 aliphatic carbocycles. The molecule has 4 rings (SSSR count).